The molecule has 2 aromatic rings. The highest BCUT2D eigenvalue weighted by atomic mass is 16.3. The van der Waals surface area contributed by atoms with Gasteiger partial charge in [0.1, 0.15) is 5.76 Å². The molecular formula is C20H26N2O2. The lowest BCUT2D eigenvalue weighted by Crippen LogP contribution is -2.45. The van der Waals surface area contributed by atoms with Gasteiger partial charge in [-0.25, -0.2) is 0 Å². The van der Waals surface area contributed by atoms with Crippen molar-refractivity contribution in [3.05, 3.63) is 60.1 Å². The third kappa shape index (κ3) is 4.26. The van der Waals surface area contributed by atoms with Crippen LogP contribution in [0.5, 0.6) is 0 Å². The molecule has 0 saturated heterocycles. The van der Waals surface area contributed by atoms with Gasteiger partial charge >= 0.3 is 0 Å². The predicted octanol–water partition coefficient (Wildman–Crippen LogP) is 3.65. The van der Waals surface area contributed by atoms with Gasteiger partial charge in [-0.15, -0.1) is 0 Å². The van der Waals surface area contributed by atoms with Crippen LogP contribution in [0, 0.1) is 5.92 Å². The minimum absolute atomic E-state index is 0.0567. The molecule has 4 heteroatoms. The molecule has 1 aromatic carbocycles. The van der Waals surface area contributed by atoms with E-state index >= 15 is 0 Å². The lowest BCUT2D eigenvalue weighted by molar-refractivity contribution is -0.121. The molecule has 1 fully saturated rings. The average Bonchev–Trinajstić information content (AvgIpc) is 3.12. The molecule has 24 heavy (non-hydrogen) atoms. The topological polar surface area (TPSA) is 54.3 Å². The highest BCUT2D eigenvalue weighted by molar-refractivity contribution is 5.78. The van der Waals surface area contributed by atoms with E-state index < -0.39 is 0 Å². The van der Waals surface area contributed by atoms with Crippen molar-refractivity contribution in [3.8, 4) is 0 Å². The van der Waals surface area contributed by atoms with Gasteiger partial charge in [-0.05, 0) is 36.5 Å². The van der Waals surface area contributed by atoms with Gasteiger partial charge in [0.15, 0.2) is 0 Å². The number of hydrogen-bond acceptors (Lipinski definition) is 3. The van der Waals surface area contributed by atoms with E-state index in [4.69, 9.17) is 4.42 Å². The second-order valence-corrected chi connectivity index (χ2v) is 6.68. The molecule has 3 atom stereocenters. The highest BCUT2D eigenvalue weighted by Gasteiger charge is 2.23. The summed E-state index contributed by atoms with van der Waals surface area (Å²) in [5.41, 5.74) is 1.09. The highest BCUT2D eigenvalue weighted by Crippen LogP contribution is 2.24. The van der Waals surface area contributed by atoms with Gasteiger partial charge in [0.2, 0.25) is 5.91 Å². The summed E-state index contributed by atoms with van der Waals surface area (Å²) in [4.78, 5) is 12.4. The van der Waals surface area contributed by atoms with E-state index in [2.05, 4.69) is 17.6 Å². The van der Waals surface area contributed by atoms with Crippen molar-refractivity contribution in [2.45, 2.75) is 44.7 Å². The van der Waals surface area contributed by atoms with Gasteiger partial charge in [-0.2, -0.15) is 0 Å². The smallest absolute Gasteiger partial charge is 0.234 e. The van der Waals surface area contributed by atoms with Crippen LogP contribution in [-0.4, -0.2) is 18.5 Å². The van der Waals surface area contributed by atoms with E-state index in [9.17, 15) is 4.79 Å². The maximum atomic E-state index is 12.4. The SMILES string of the molecule is C[C@@H]1CCCC[C@@H]1NC(=O)CN[C@@H](c1ccccc1)c1ccco1. The average molecular weight is 326 g/mol. The minimum Gasteiger partial charge on any atom is -0.467 e. The van der Waals surface area contributed by atoms with Crippen LogP contribution in [0.15, 0.2) is 53.1 Å². The summed E-state index contributed by atoms with van der Waals surface area (Å²) in [6.45, 7) is 2.51. The van der Waals surface area contributed by atoms with Crippen molar-refractivity contribution < 1.29 is 9.21 Å². The summed E-state index contributed by atoms with van der Waals surface area (Å²) in [5, 5.41) is 6.53. The van der Waals surface area contributed by atoms with Crippen molar-refractivity contribution in [2.75, 3.05) is 6.54 Å². The third-order valence-corrected chi connectivity index (χ3v) is 4.89. The largest absolute Gasteiger partial charge is 0.467 e. The molecule has 0 spiro atoms. The molecule has 1 saturated carbocycles. The molecule has 0 unspecified atom stereocenters. The van der Waals surface area contributed by atoms with E-state index in [0.29, 0.717) is 12.0 Å². The first-order valence-electron chi connectivity index (χ1n) is 8.85. The number of nitrogens with one attached hydrogen (secondary N) is 2. The first kappa shape index (κ1) is 16.8. The van der Waals surface area contributed by atoms with Crippen molar-refractivity contribution >= 4 is 5.91 Å². The van der Waals surface area contributed by atoms with E-state index in [-0.39, 0.29) is 18.5 Å². The van der Waals surface area contributed by atoms with Crippen LogP contribution in [0.1, 0.15) is 50.0 Å². The van der Waals surface area contributed by atoms with Crippen LogP contribution in [0.4, 0.5) is 0 Å². The van der Waals surface area contributed by atoms with Crippen molar-refractivity contribution in [2.24, 2.45) is 5.92 Å². The van der Waals surface area contributed by atoms with E-state index in [1.165, 1.54) is 19.3 Å². The van der Waals surface area contributed by atoms with Gasteiger partial charge < -0.3 is 9.73 Å². The lowest BCUT2D eigenvalue weighted by Gasteiger charge is -2.29. The fraction of sp³-hybridized carbons (Fsp3) is 0.450. The molecular weight excluding hydrogens is 300 g/mol. The van der Waals surface area contributed by atoms with Gasteiger partial charge in [0, 0.05) is 6.04 Å². The Kier molecular flexibility index (Phi) is 5.70. The number of amides is 1. The Morgan fingerprint density at radius 3 is 2.67 bits per heavy atom. The van der Waals surface area contributed by atoms with E-state index in [1.807, 2.05) is 42.5 Å². The van der Waals surface area contributed by atoms with E-state index in [1.54, 1.807) is 6.26 Å². The van der Waals surface area contributed by atoms with Gasteiger partial charge in [-0.3, -0.25) is 10.1 Å². The van der Waals surface area contributed by atoms with Gasteiger partial charge in [0.25, 0.3) is 0 Å². The van der Waals surface area contributed by atoms with Crippen LogP contribution < -0.4 is 10.6 Å². The predicted molar refractivity (Wildman–Crippen MR) is 94.6 cm³/mol. The number of hydrogen-bond donors (Lipinski definition) is 2. The Balaban J connectivity index is 1.60. The zero-order valence-electron chi connectivity index (χ0n) is 14.2. The summed E-state index contributed by atoms with van der Waals surface area (Å²) >= 11 is 0. The second kappa shape index (κ2) is 8.15. The molecule has 0 radical (unpaired) electrons. The van der Waals surface area contributed by atoms with Crippen molar-refractivity contribution in [3.63, 3.8) is 0 Å². The Hall–Kier alpha value is -2.07. The molecule has 1 amide bonds. The number of benzene rings is 1. The first-order chi connectivity index (χ1) is 11.7. The van der Waals surface area contributed by atoms with Crippen LogP contribution in [0.25, 0.3) is 0 Å². The molecule has 1 heterocycles. The molecule has 1 aliphatic rings. The van der Waals surface area contributed by atoms with Crippen molar-refractivity contribution in [1.29, 1.82) is 0 Å². The van der Waals surface area contributed by atoms with E-state index in [0.717, 1.165) is 17.7 Å². The van der Waals surface area contributed by atoms with Crippen molar-refractivity contribution in [1.82, 2.24) is 10.6 Å². The number of furan rings is 1. The first-order valence-corrected chi connectivity index (χ1v) is 8.85. The Bertz CT molecular complexity index is 624. The standard InChI is InChI=1S/C20H26N2O2/c1-15-8-5-6-11-17(15)22-19(23)14-21-20(18-12-7-13-24-18)16-9-3-2-4-10-16/h2-4,7,9-10,12-13,15,17,20-21H,5-6,8,11,14H2,1H3,(H,22,23)/t15-,17+,20+/m1/s1. The fourth-order valence-corrected chi connectivity index (χ4v) is 3.47. The molecule has 3 rings (SSSR count). The Morgan fingerprint density at radius 1 is 1.17 bits per heavy atom. The summed E-state index contributed by atoms with van der Waals surface area (Å²) in [5.74, 6) is 1.44. The monoisotopic (exact) mass is 326 g/mol. The summed E-state index contributed by atoms with van der Waals surface area (Å²) in [6, 6.07) is 14.1. The number of carbonyl (C=O) groups is 1. The molecule has 1 aliphatic carbocycles. The zero-order chi connectivity index (χ0) is 16.8. The third-order valence-electron chi connectivity index (χ3n) is 4.89. The fourth-order valence-electron chi connectivity index (χ4n) is 3.47. The lowest BCUT2D eigenvalue weighted by atomic mass is 9.86. The maximum absolute atomic E-state index is 12.4. The normalized spacial score (nSPS) is 22.0. The van der Waals surface area contributed by atoms with Crippen LogP contribution in [-0.2, 0) is 4.79 Å². The second-order valence-electron chi connectivity index (χ2n) is 6.68. The molecule has 1 aromatic heterocycles. The maximum Gasteiger partial charge on any atom is 0.234 e. The van der Waals surface area contributed by atoms with Crippen LogP contribution >= 0.6 is 0 Å². The molecule has 2 N–H and O–H groups in total. The van der Waals surface area contributed by atoms with Gasteiger partial charge in [-0.1, -0.05) is 50.1 Å². The van der Waals surface area contributed by atoms with Gasteiger partial charge in [0.05, 0.1) is 18.8 Å². The zero-order valence-corrected chi connectivity index (χ0v) is 14.2. The quantitative estimate of drug-likeness (QED) is 0.852. The molecule has 0 bridgehead atoms. The molecule has 128 valence electrons. The summed E-state index contributed by atoms with van der Waals surface area (Å²) in [7, 11) is 0. The number of rotatable bonds is 6. The minimum atomic E-state index is -0.115. The molecule has 0 aliphatic heterocycles. The summed E-state index contributed by atoms with van der Waals surface area (Å²) < 4.78 is 5.56. The molecule has 4 nitrogen and oxygen atoms in total. The van der Waals surface area contributed by atoms with Crippen LogP contribution in [0.2, 0.25) is 0 Å². The number of carbonyl (C=O) groups excluding carboxylic acids is 1. The van der Waals surface area contributed by atoms with Crippen LogP contribution in [0.3, 0.4) is 0 Å². The Morgan fingerprint density at radius 2 is 1.96 bits per heavy atom. The Labute approximate surface area is 143 Å². The summed E-state index contributed by atoms with van der Waals surface area (Å²) in [6.07, 6.45) is 6.45.